The van der Waals surface area contributed by atoms with Crippen LogP contribution in [0.15, 0.2) is 30.3 Å². The van der Waals surface area contributed by atoms with E-state index in [1.165, 1.54) is 10.6 Å². The second kappa shape index (κ2) is 7.06. The molecule has 5 nitrogen and oxygen atoms in total. The van der Waals surface area contributed by atoms with Gasteiger partial charge in [-0.3, -0.25) is 0 Å². The molecule has 1 aliphatic rings. The minimum atomic E-state index is -3.23. The molecule has 0 N–H and O–H groups in total. The van der Waals surface area contributed by atoms with E-state index in [1.807, 2.05) is 30.3 Å². The van der Waals surface area contributed by atoms with Gasteiger partial charge in [-0.15, -0.1) is 0 Å². The molecule has 1 heterocycles. The Morgan fingerprint density at radius 1 is 1.35 bits per heavy atom. The van der Waals surface area contributed by atoms with Gasteiger partial charge in [0.25, 0.3) is 0 Å². The molecule has 1 unspecified atom stereocenters. The summed E-state index contributed by atoms with van der Waals surface area (Å²) in [6, 6.07) is 9.38. The maximum atomic E-state index is 11.8. The Hall–Kier alpha value is -1.11. The van der Waals surface area contributed by atoms with Crippen LogP contribution in [0.4, 0.5) is 0 Å². The Morgan fingerprint density at radius 3 is 2.70 bits per heavy atom. The highest BCUT2D eigenvalue weighted by atomic mass is 32.2. The van der Waals surface area contributed by atoms with Crippen LogP contribution < -0.4 is 4.74 Å². The molecular weight excluding hydrogens is 278 g/mol. The predicted octanol–water partition coefficient (Wildman–Crippen LogP) is 1.51. The van der Waals surface area contributed by atoms with Crippen molar-refractivity contribution in [2.24, 2.45) is 0 Å². The predicted molar refractivity (Wildman–Crippen MR) is 77.3 cm³/mol. The van der Waals surface area contributed by atoms with Crippen molar-refractivity contribution < 1.29 is 17.9 Å². The summed E-state index contributed by atoms with van der Waals surface area (Å²) in [7, 11) is -3.23. The molecule has 1 aromatic carbocycles. The molecule has 1 fully saturated rings. The van der Waals surface area contributed by atoms with Crippen LogP contribution in [0.2, 0.25) is 0 Å². The highest BCUT2D eigenvalue weighted by Gasteiger charge is 2.24. The van der Waals surface area contributed by atoms with Crippen LogP contribution >= 0.6 is 0 Å². The second-order valence-corrected chi connectivity index (χ2v) is 6.90. The maximum Gasteiger partial charge on any atom is 0.211 e. The Morgan fingerprint density at radius 2 is 2.10 bits per heavy atom. The molecule has 0 bridgehead atoms. The number of sulfonamides is 1. The van der Waals surface area contributed by atoms with Gasteiger partial charge in [0, 0.05) is 19.7 Å². The lowest BCUT2D eigenvalue weighted by Crippen LogP contribution is -2.39. The van der Waals surface area contributed by atoms with Crippen molar-refractivity contribution in [2.75, 3.05) is 32.6 Å². The lowest BCUT2D eigenvalue weighted by atomic mass is 10.2. The molecule has 0 aromatic heterocycles. The quantitative estimate of drug-likeness (QED) is 0.766. The zero-order valence-corrected chi connectivity index (χ0v) is 12.5. The molecule has 112 valence electrons. The standard InChI is InChI=1S/C14H21NO4S/c1-20(16,17)15(12-14-8-5-10-18-14)9-11-19-13-6-3-2-4-7-13/h2-4,6-7,14H,5,8-12H2,1H3. The van der Waals surface area contributed by atoms with Crippen LogP contribution in [0.3, 0.4) is 0 Å². The van der Waals surface area contributed by atoms with Crippen molar-refractivity contribution in [1.29, 1.82) is 0 Å². The largest absolute Gasteiger partial charge is 0.492 e. The summed E-state index contributed by atoms with van der Waals surface area (Å²) in [4.78, 5) is 0. The Balaban J connectivity index is 1.84. The Kier molecular flexibility index (Phi) is 5.39. The summed E-state index contributed by atoms with van der Waals surface area (Å²) in [5, 5.41) is 0. The zero-order chi connectivity index (χ0) is 14.4. The molecule has 20 heavy (non-hydrogen) atoms. The zero-order valence-electron chi connectivity index (χ0n) is 11.7. The van der Waals surface area contributed by atoms with Gasteiger partial charge >= 0.3 is 0 Å². The summed E-state index contributed by atoms with van der Waals surface area (Å²) < 4.78 is 36.0. The monoisotopic (exact) mass is 299 g/mol. The van der Waals surface area contributed by atoms with Crippen LogP contribution in [0.5, 0.6) is 5.75 Å². The van der Waals surface area contributed by atoms with Crippen molar-refractivity contribution >= 4 is 10.0 Å². The fourth-order valence-electron chi connectivity index (χ4n) is 2.19. The minimum absolute atomic E-state index is 0.0152. The molecule has 0 amide bonds. The fourth-order valence-corrected chi connectivity index (χ4v) is 3.03. The molecular formula is C14H21NO4S. The van der Waals surface area contributed by atoms with Crippen LogP contribution in [-0.4, -0.2) is 51.4 Å². The van der Waals surface area contributed by atoms with Crippen LogP contribution in [0.1, 0.15) is 12.8 Å². The average molecular weight is 299 g/mol. The number of para-hydroxylation sites is 1. The minimum Gasteiger partial charge on any atom is -0.492 e. The van der Waals surface area contributed by atoms with Crippen LogP contribution in [0, 0.1) is 0 Å². The Bertz CT molecular complexity index is 497. The molecule has 1 atom stereocenters. The van der Waals surface area contributed by atoms with E-state index >= 15 is 0 Å². The number of hydrogen-bond acceptors (Lipinski definition) is 4. The third kappa shape index (κ3) is 4.77. The molecule has 0 saturated carbocycles. The lowest BCUT2D eigenvalue weighted by Gasteiger charge is -2.23. The first-order valence-corrected chi connectivity index (χ1v) is 8.65. The number of benzene rings is 1. The molecule has 1 saturated heterocycles. The van der Waals surface area contributed by atoms with Gasteiger partial charge in [0.15, 0.2) is 0 Å². The number of rotatable bonds is 7. The SMILES string of the molecule is CS(=O)(=O)N(CCOc1ccccc1)CC1CCCO1. The maximum absolute atomic E-state index is 11.8. The average Bonchev–Trinajstić information content (AvgIpc) is 2.91. The van der Waals surface area contributed by atoms with E-state index in [4.69, 9.17) is 9.47 Å². The first kappa shape index (κ1) is 15.3. The third-order valence-electron chi connectivity index (χ3n) is 3.25. The smallest absolute Gasteiger partial charge is 0.211 e. The third-order valence-corrected chi connectivity index (χ3v) is 4.52. The number of nitrogens with zero attached hydrogens (tertiary/aromatic N) is 1. The van der Waals surface area contributed by atoms with E-state index in [2.05, 4.69) is 0 Å². The van der Waals surface area contributed by atoms with Gasteiger partial charge in [-0.25, -0.2) is 8.42 Å². The van der Waals surface area contributed by atoms with Gasteiger partial charge < -0.3 is 9.47 Å². The van der Waals surface area contributed by atoms with E-state index in [0.29, 0.717) is 19.7 Å². The van der Waals surface area contributed by atoms with Gasteiger partial charge in [-0.2, -0.15) is 4.31 Å². The highest BCUT2D eigenvalue weighted by Crippen LogP contribution is 2.15. The summed E-state index contributed by atoms with van der Waals surface area (Å²) in [5.41, 5.74) is 0. The molecule has 0 spiro atoms. The molecule has 0 radical (unpaired) electrons. The topological polar surface area (TPSA) is 55.8 Å². The van der Waals surface area contributed by atoms with Gasteiger partial charge in [-0.05, 0) is 25.0 Å². The van der Waals surface area contributed by atoms with E-state index in [0.717, 1.165) is 25.2 Å². The number of hydrogen-bond donors (Lipinski definition) is 0. The fraction of sp³-hybridized carbons (Fsp3) is 0.571. The lowest BCUT2D eigenvalue weighted by molar-refractivity contribution is 0.0912. The Labute approximate surface area is 120 Å². The van der Waals surface area contributed by atoms with Crippen molar-refractivity contribution in [3.05, 3.63) is 30.3 Å². The van der Waals surface area contributed by atoms with E-state index in [1.54, 1.807) is 0 Å². The normalized spacial score (nSPS) is 19.4. The first-order valence-electron chi connectivity index (χ1n) is 6.80. The molecule has 1 aliphatic heterocycles. The molecule has 1 aromatic rings. The van der Waals surface area contributed by atoms with E-state index in [-0.39, 0.29) is 6.10 Å². The summed E-state index contributed by atoms with van der Waals surface area (Å²) in [6.45, 7) is 1.82. The van der Waals surface area contributed by atoms with Crippen LogP contribution in [-0.2, 0) is 14.8 Å². The number of ether oxygens (including phenoxy) is 2. The van der Waals surface area contributed by atoms with Crippen LogP contribution in [0.25, 0.3) is 0 Å². The van der Waals surface area contributed by atoms with E-state index in [9.17, 15) is 8.42 Å². The summed E-state index contributed by atoms with van der Waals surface area (Å²) in [5.74, 6) is 0.748. The van der Waals surface area contributed by atoms with Crippen molar-refractivity contribution in [1.82, 2.24) is 4.31 Å². The highest BCUT2D eigenvalue weighted by molar-refractivity contribution is 7.88. The van der Waals surface area contributed by atoms with Crippen molar-refractivity contribution in [2.45, 2.75) is 18.9 Å². The molecule has 2 rings (SSSR count). The van der Waals surface area contributed by atoms with Crippen molar-refractivity contribution in [3.8, 4) is 5.75 Å². The first-order chi connectivity index (χ1) is 9.55. The van der Waals surface area contributed by atoms with Gasteiger partial charge in [-0.1, -0.05) is 18.2 Å². The van der Waals surface area contributed by atoms with Crippen molar-refractivity contribution in [3.63, 3.8) is 0 Å². The molecule has 6 heteroatoms. The second-order valence-electron chi connectivity index (χ2n) is 4.92. The summed E-state index contributed by atoms with van der Waals surface area (Å²) >= 11 is 0. The van der Waals surface area contributed by atoms with E-state index < -0.39 is 10.0 Å². The molecule has 0 aliphatic carbocycles. The summed E-state index contributed by atoms with van der Waals surface area (Å²) in [6.07, 6.45) is 3.17. The van der Waals surface area contributed by atoms with Gasteiger partial charge in [0.05, 0.1) is 12.4 Å². The van der Waals surface area contributed by atoms with Gasteiger partial charge in [0.1, 0.15) is 12.4 Å². The van der Waals surface area contributed by atoms with Gasteiger partial charge in [0.2, 0.25) is 10.0 Å².